The van der Waals surface area contributed by atoms with Gasteiger partial charge in [0.15, 0.2) is 0 Å². The number of hydrogen-bond donors (Lipinski definition) is 1. The molecule has 0 fully saturated rings. The molecular weight excluding hydrogens is 490 g/mol. The van der Waals surface area contributed by atoms with E-state index in [2.05, 4.69) is 5.32 Å². The highest BCUT2D eigenvalue weighted by molar-refractivity contribution is 7.92. The van der Waals surface area contributed by atoms with E-state index in [-0.39, 0.29) is 37.4 Å². The minimum absolute atomic E-state index is 0.00265. The lowest BCUT2D eigenvalue weighted by Crippen LogP contribution is -2.50. The highest BCUT2D eigenvalue weighted by atomic mass is 32.2. The fraction of sp³-hybridized carbons (Fsp3) is 0.500. The average molecular weight is 532 g/mol. The molecule has 2 aromatic rings. The van der Waals surface area contributed by atoms with Crippen LogP contribution in [-0.2, 0) is 26.2 Å². The Kier molecular flexibility index (Phi) is 11.4. The van der Waals surface area contributed by atoms with Gasteiger partial charge >= 0.3 is 0 Å². The molecular formula is C28H41N3O5S. The van der Waals surface area contributed by atoms with E-state index in [1.165, 1.54) is 10.6 Å². The Bertz CT molecular complexity index is 1130. The van der Waals surface area contributed by atoms with Gasteiger partial charge in [-0.1, -0.05) is 38.1 Å². The number of amides is 2. The van der Waals surface area contributed by atoms with Gasteiger partial charge in [-0.15, -0.1) is 0 Å². The van der Waals surface area contributed by atoms with Crippen LogP contribution in [0.4, 0.5) is 5.69 Å². The van der Waals surface area contributed by atoms with Gasteiger partial charge in [0.05, 0.1) is 19.1 Å². The Morgan fingerprint density at radius 3 is 2.27 bits per heavy atom. The second kappa shape index (κ2) is 14.0. The van der Waals surface area contributed by atoms with Gasteiger partial charge in [-0.25, -0.2) is 8.42 Å². The molecule has 0 heterocycles. The summed E-state index contributed by atoms with van der Waals surface area (Å²) in [5.74, 6) is 0.330. The van der Waals surface area contributed by atoms with E-state index in [0.29, 0.717) is 24.3 Å². The number of methoxy groups -OCH3 is 1. The number of ether oxygens (including phenoxy) is 1. The number of hydrogen-bond acceptors (Lipinski definition) is 5. The second-order valence-corrected chi connectivity index (χ2v) is 11.3. The zero-order valence-electron chi connectivity index (χ0n) is 22.9. The van der Waals surface area contributed by atoms with Crippen molar-refractivity contribution in [1.29, 1.82) is 0 Å². The van der Waals surface area contributed by atoms with E-state index in [0.717, 1.165) is 17.5 Å². The summed E-state index contributed by atoms with van der Waals surface area (Å²) in [7, 11) is -1.94. The third-order valence-corrected chi connectivity index (χ3v) is 7.53. The van der Waals surface area contributed by atoms with Crippen LogP contribution in [0.25, 0.3) is 0 Å². The lowest BCUT2D eigenvalue weighted by atomic mass is 10.1. The first-order valence-corrected chi connectivity index (χ1v) is 14.6. The average Bonchev–Trinajstić information content (AvgIpc) is 2.85. The Morgan fingerprint density at radius 2 is 1.73 bits per heavy atom. The van der Waals surface area contributed by atoms with Gasteiger partial charge in [0, 0.05) is 25.6 Å². The quantitative estimate of drug-likeness (QED) is 0.393. The molecule has 2 rings (SSSR count). The Hall–Kier alpha value is -3.07. The van der Waals surface area contributed by atoms with Crippen molar-refractivity contribution in [2.75, 3.05) is 24.2 Å². The third kappa shape index (κ3) is 9.07. The number of aryl methyl sites for hydroxylation is 1. The molecule has 2 atom stereocenters. The molecule has 37 heavy (non-hydrogen) atoms. The van der Waals surface area contributed by atoms with Crippen LogP contribution in [0.2, 0.25) is 0 Å². The SMILES string of the molecule is CC[C@@H](C)NC(=O)[C@@H](CC)N(Cc1ccc(OC)cc1)C(=O)CCCN(c1cccc(C)c1)S(C)(=O)=O. The van der Waals surface area contributed by atoms with Crippen molar-refractivity contribution in [3.63, 3.8) is 0 Å². The Balaban J connectivity index is 2.23. The lowest BCUT2D eigenvalue weighted by molar-refractivity contribution is -0.141. The number of carbonyl (C=O) groups is 2. The molecule has 0 bridgehead atoms. The number of carbonyl (C=O) groups excluding carboxylic acids is 2. The van der Waals surface area contributed by atoms with Gasteiger partial charge in [-0.3, -0.25) is 13.9 Å². The summed E-state index contributed by atoms with van der Waals surface area (Å²) in [6, 6.07) is 14.0. The van der Waals surface area contributed by atoms with Gasteiger partial charge in [0.25, 0.3) is 0 Å². The summed E-state index contributed by atoms with van der Waals surface area (Å²) in [5.41, 5.74) is 2.40. The highest BCUT2D eigenvalue weighted by Crippen LogP contribution is 2.21. The first-order chi connectivity index (χ1) is 17.5. The first-order valence-electron chi connectivity index (χ1n) is 12.8. The Morgan fingerprint density at radius 1 is 1.05 bits per heavy atom. The van der Waals surface area contributed by atoms with E-state index >= 15 is 0 Å². The number of rotatable bonds is 14. The number of benzene rings is 2. The number of sulfonamides is 1. The minimum atomic E-state index is -3.53. The monoisotopic (exact) mass is 531 g/mol. The Labute approximate surface area is 222 Å². The van der Waals surface area contributed by atoms with E-state index in [1.807, 2.05) is 70.2 Å². The first kappa shape index (κ1) is 30.2. The van der Waals surface area contributed by atoms with Crippen LogP contribution in [0.5, 0.6) is 5.75 Å². The largest absolute Gasteiger partial charge is 0.497 e. The van der Waals surface area contributed by atoms with Gasteiger partial charge < -0.3 is 15.0 Å². The molecule has 0 saturated carbocycles. The molecule has 0 saturated heterocycles. The summed E-state index contributed by atoms with van der Waals surface area (Å²) in [4.78, 5) is 28.2. The van der Waals surface area contributed by atoms with Gasteiger partial charge in [0.2, 0.25) is 21.8 Å². The van der Waals surface area contributed by atoms with Gasteiger partial charge in [0.1, 0.15) is 11.8 Å². The van der Waals surface area contributed by atoms with Crippen LogP contribution in [-0.4, -0.2) is 57.1 Å². The maximum atomic E-state index is 13.5. The standard InChI is InChI=1S/C28H41N3O5S/c1-7-22(4)29-28(33)26(8-2)30(20-23-14-16-25(36-5)17-15-23)27(32)13-10-18-31(37(6,34)35)24-12-9-11-21(3)19-24/h9,11-12,14-17,19,22,26H,7-8,10,13,18,20H2,1-6H3,(H,29,33)/t22-,26-/m1/s1. The molecule has 0 radical (unpaired) electrons. The predicted octanol–water partition coefficient (Wildman–Crippen LogP) is 4.27. The zero-order valence-corrected chi connectivity index (χ0v) is 23.7. The molecule has 0 aliphatic carbocycles. The van der Waals surface area contributed by atoms with Crippen LogP contribution in [0.1, 0.15) is 57.6 Å². The van der Waals surface area contributed by atoms with Crippen molar-refractivity contribution in [3.8, 4) is 5.75 Å². The molecule has 8 nitrogen and oxygen atoms in total. The van der Waals surface area contributed by atoms with Gasteiger partial charge in [-0.2, -0.15) is 0 Å². The van der Waals surface area contributed by atoms with Crippen LogP contribution in [0.15, 0.2) is 48.5 Å². The maximum Gasteiger partial charge on any atom is 0.243 e. The number of anilines is 1. The molecule has 2 amide bonds. The normalized spacial score (nSPS) is 12.9. The molecule has 0 aliphatic heterocycles. The van der Waals surface area contributed by atoms with Crippen LogP contribution in [0.3, 0.4) is 0 Å². The zero-order chi connectivity index (χ0) is 27.6. The summed E-state index contributed by atoms with van der Waals surface area (Å²) in [6.45, 7) is 8.15. The van der Waals surface area contributed by atoms with E-state index in [4.69, 9.17) is 4.74 Å². The molecule has 0 aliphatic rings. The van der Waals surface area contributed by atoms with Crippen molar-refractivity contribution in [1.82, 2.24) is 10.2 Å². The van der Waals surface area contributed by atoms with E-state index in [1.54, 1.807) is 18.1 Å². The van der Waals surface area contributed by atoms with Crippen molar-refractivity contribution in [3.05, 3.63) is 59.7 Å². The van der Waals surface area contributed by atoms with Crippen LogP contribution in [0, 0.1) is 6.92 Å². The summed E-state index contributed by atoms with van der Waals surface area (Å²) in [6.07, 6.45) is 2.85. The molecule has 1 N–H and O–H groups in total. The fourth-order valence-corrected chi connectivity index (χ4v) is 5.03. The lowest BCUT2D eigenvalue weighted by Gasteiger charge is -2.32. The van der Waals surface area contributed by atoms with Crippen molar-refractivity contribution >= 4 is 27.5 Å². The molecule has 0 aromatic heterocycles. The molecule has 204 valence electrons. The van der Waals surface area contributed by atoms with E-state index in [9.17, 15) is 18.0 Å². The number of nitrogens with zero attached hydrogens (tertiary/aromatic N) is 2. The van der Waals surface area contributed by atoms with Crippen LogP contribution >= 0.6 is 0 Å². The smallest absolute Gasteiger partial charge is 0.243 e. The van der Waals surface area contributed by atoms with Gasteiger partial charge in [-0.05, 0) is 68.5 Å². The minimum Gasteiger partial charge on any atom is -0.497 e. The molecule has 2 aromatic carbocycles. The van der Waals surface area contributed by atoms with Crippen molar-refractivity contribution in [2.45, 2.75) is 72.0 Å². The van der Waals surface area contributed by atoms with E-state index < -0.39 is 16.1 Å². The second-order valence-electron chi connectivity index (χ2n) is 9.39. The predicted molar refractivity (Wildman–Crippen MR) is 148 cm³/mol. The fourth-order valence-electron chi connectivity index (χ4n) is 4.08. The molecule has 0 spiro atoms. The third-order valence-electron chi connectivity index (χ3n) is 6.34. The maximum absolute atomic E-state index is 13.5. The summed E-state index contributed by atoms with van der Waals surface area (Å²) < 4.78 is 31.5. The van der Waals surface area contributed by atoms with Crippen molar-refractivity contribution < 1.29 is 22.7 Å². The highest BCUT2D eigenvalue weighted by Gasteiger charge is 2.29. The summed E-state index contributed by atoms with van der Waals surface area (Å²) >= 11 is 0. The van der Waals surface area contributed by atoms with Crippen LogP contribution < -0.4 is 14.4 Å². The summed E-state index contributed by atoms with van der Waals surface area (Å²) in [5, 5.41) is 3.00. The topological polar surface area (TPSA) is 96.0 Å². The number of nitrogens with one attached hydrogen (secondary N) is 1. The molecule has 9 heteroatoms. The van der Waals surface area contributed by atoms with Crippen molar-refractivity contribution in [2.24, 2.45) is 0 Å². The molecule has 0 unspecified atom stereocenters.